The fourth-order valence-electron chi connectivity index (χ4n) is 1.82. The van der Waals surface area contributed by atoms with Gasteiger partial charge in [0.15, 0.2) is 5.82 Å². The molecule has 104 valence electrons. The minimum atomic E-state index is -4.54. The Kier molecular flexibility index (Phi) is 3.42. The number of halogens is 6. The third kappa shape index (κ3) is 2.80. The first-order chi connectivity index (χ1) is 8.69. The second kappa shape index (κ2) is 4.63. The number of fused-ring (bicyclic) bond motifs is 1. The highest BCUT2D eigenvalue weighted by Crippen LogP contribution is 2.30. The lowest BCUT2D eigenvalue weighted by Gasteiger charge is -2.12. The normalized spacial score (nSPS) is 14.1. The summed E-state index contributed by atoms with van der Waals surface area (Å²) in [6.07, 6.45) is -4.54. The first kappa shape index (κ1) is 14.0. The van der Waals surface area contributed by atoms with Crippen LogP contribution < -0.4 is 0 Å². The number of hydrogen-bond donors (Lipinski definition) is 0. The van der Waals surface area contributed by atoms with Gasteiger partial charge >= 0.3 is 6.18 Å². The van der Waals surface area contributed by atoms with E-state index in [1.54, 1.807) is 0 Å². The number of aromatic nitrogens is 2. The summed E-state index contributed by atoms with van der Waals surface area (Å²) < 4.78 is 64.8. The molecule has 1 atom stereocenters. The van der Waals surface area contributed by atoms with Gasteiger partial charge in [-0.25, -0.2) is 13.8 Å². The summed E-state index contributed by atoms with van der Waals surface area (Å²) >= 11 is 5.73. The van der Waals surface area contributed by atoms with Crippen molar-refractivity contribution < 1.29 is 22.0 Å². The van der Waals surface area contributed by atoms with Crippen molar-refractivity contribution in [2.45, 2.75) is 25.0 Å². The summed E-state index contributed by atoms with van der Waals surface area (Å²) in [5.74, 6) is -2.14. The number of imidazole rings is 1. The first-order valence-electron chi connectivity index (χ1n) is 5.25. The molecule has 8 heteroatoms. The quantitative estimate of drug-likeness (QED) is 0.601. The van der Waals surface area contributed by atoms with Gasteiger partial charge in [-0.3, -0.25) is 0 Å². The number of nitrogens with zero attached hydrogens (tertiary/aromatic N) is 2. The maximum absolute atomic E-state index is 13.5. The third-order valence-electron chi connectivity index (χ3n) is 2.49. The van der Waals surface area contributed by atoms with Gasteiger partial charge in [-0.2, -0.15) is 13.2 Å². The van der Waals surface area contributed by atoms with Gasteiger partial charge < -0.3 is 4.57 Å². The Bertz CT molecular complexity index is 618. The van der Waals surface area contributed by atoms with Crippen LogP contribution in [0.25, 0.3) is 11.0 Å². The van der Waals surface area contributed by atoms with E-state index in [-0.39, 0.29) is 16.9 Å². The van der Waals surface area contributed by atoms with Crippen molar-refractivity contribution in [3.05, 3.63) is 29.6 Å². The average molecular weight is 299 g/mol. The van der Waals surface area contributed by atoms with Crippen molar-refractivity contribution in [1.82, 2.24) is 9.55 Å². The van der Waals surface area contributed by atoms with Crippen molar-refractivity contribution >= 4 is 22.6 Å². The van der Waals surface area contributed by atoms with E-state index in [1.807, 2.05) is 0 Å². The van der Waals surface area contributed by atoms with Crippen LogP contribution in [0.3, 0.4) is 0 Å². The Balaban J connectivity index is 2.73. The molecule has 1 heterocycles. The predicted octanol–water partition coefficient (Wildman–Crippen LogP) is 4.18. The van der Waals surface area contributed by atoms with Gasteiger partial charge in [-0.1, -0.05) is 0 Å². The Morgan fingerprint density at radius 3 is 2.47 bits per heavy atom. The Morgan fingerprint density at radius 1 is 1.32 bits per heavy atom. The van der Waals surface area contributed by atoms with E-state index in [1.165, 1.54) is 6.92 Å². The van der Waals surface area contributed by atoms with Crippen LogP contribution in [0.4, 0.5) is 22.0 Å². The minimum Gasteiger partial charge on any atom is -0.317 e. The predicted molar refractivity (Wildman–Crippen MR) is 60.0 cm³/mol. The van der Waals surface area contributed by atoms with Crippen molar-refractivity contribution in [1.29, 1.82) is 0 Å². The van der Waals surface area contributed by atoms with E-state index >= 15 is 0 Å². The fourth-order valence-corrected chi connectivity index (χ4v) is 1.98. The summed E-state index contributed by atoms with van der Waals surface area (Å²) in [5.41, 5.74) is -0.592. The molecule has 0 amide bonds. The zero-order chi connectivity index (χ0) is 14.4. The van der Waals surface area contributed by atoms with Gasteiger partial charge in [0.05, 0.1) is 10.9 Å². The minimum absolute atomic E-state index is 0.154. The second-order valence-corrected chi connectivity index (χ2v) is 4.70. The van der Waals surface area contributed by atoms with Crippen LogP contribution in [0.1, 0.15) is 18.1 Å². The maximum Gasteiger partial charge on any atom is 0.406 e. The van der Waals surface area contributed by atoms with E-state index in [2.05, 4.69) is 4.98 Å². The number of hydrogen-bond acceptors (Lipinski definition) is 1. The van der Waals surface area contributed by atoms with E-state index < -0.39 is 29.7 Å². The zero-order valence-corrected chi connectivity index (χ0v) is 10.4. The summed E-state index contributed by atoms with van der Waals surface area (Å²) in [5, 5.41) is -0.864. The molecule has 0 spiro atoms. The SMILES string of the molecule is CC(Cl)c1nc2c(F)cc(F)cc2n1CC(F)(F)F. The van der Waals surface area contributed by atoms with Crippen molar-refractivity contribution in [2.24, 2.45) is 0 Å². The van der Waals surface area contributed by atoms with E-state index in [0.29, 0.717) is 10.6 Å². The van der Waals surface area contributed by atoms with Gasteiger partial charge in [0.1, 0.15) is 23.7 Å². The molecule has 19 heavy (non-hydrogen) atoms. The molecule has 1 aromatic heterocycles. The monoisotopic (exact) mass is 298 g/mol. The molecule has 0 saturated carbocycles. The molecule has 0 N–H and O–H groups in total. The smallest absolute Gasteiger partial charge is 0.317 e. The molecule has 2 nitrogen and oxygen atoms in total. The summed E-state index contributed by atoms with van der Waals surface area (Å²) in [7, 11) is 0. The molecule has 1 unspecified atom stereocenters. The Morgan fingerprint density at radius 2 is 1.95 bits per heavy atom. The first-order valence-corrected chi connectivity index (χ1v) is 5.68. The van der Waals surface area contributed by atoms with Gasteiger partial charge in [-0.15, -0.1) is 11.6 Å². The molecular formula is C11H8ClF5N2. The highest BCUT2D eigenvalue weighted by atomic mass is 35.5. The summed E-state index contributed by atoms with van der Waals surface area (Å²) in [4.78, 5) is 3.73. The molecule has 0 aliphatic carbocycles. The van der Waals surface area contributed by atoms with Crippen LogP contribution in [0.15, 0.2) is 12.1 Å². The lowest BCUT2D eigenvalue weighted by atomic mass is 10.3. The molecule has 0 saturated heterocycles. The van der Waals surface area contributed by atoms with Gasteiger partial charge in [-0.05, 0) is 13.0 Å². The molecule has 0 bridgehead atoms. The maximum atomic E-state index is 13.5. The molecule has 1 aromatic carbocycles. The van der Waals surface area contributed by atoms with E-state index in [0.717, 1.165) is 6.07 Å². The molecule has 2 rings (SSSR count). The standard InChI is InChI=1S/C11H8ClF5N2/c1-5(12)10-18-9-7(14)2-6(13)3-8(9)19(10)4-11(15,16)17/h2-3,5H,4H2,1H3. The summed E-state index contributed by atoms with van der Waals surface area (Å²) in [6.45, 7) is 0.00267. The fraction of sp³-hybridized carbons (Fsp3) is 0.364. The highest BCUT2D eigenvalue weighted by Gasteiger charge is 2.31. The van der Waals surface area contributed by atoms with Gasteiger partial charge in [0, 0.05) is 6.07 Å². The molecule has 0 aliphatic heterocycles. The average Bonchev–Trinajstić information content (AvgIpc) is 2.55. The molecular weight excluding hydrogens is 291 g/mol. The number of benzene rings is 1. The number of alkyl halides is 4. The van der Waals surface area contributed by atoms with Gasteiger partial charge in [0.25, 0.3) is 0 Å². The number of rotatable bonds is 2. The zero-order valence-electron chi connectivity index (χ0n) is 9.60. The lowest BCUT2D eigenvalue weighted by Crippen LogP contribution is -2.19. The van der Waals surface area contributed by atoms with Crippen molar-refractivity contribution in [3.8, 4) is 0 Å². The van der Waals surface area contributed by atoms with Crippen molar-refractivity contribution in [2.75, 3.05) is 0 Å². The topological polar surface area (TPSA) is 17.8 Å². The van der Waals surface area contributed by atoms with Crippen LogP contribution >= 0.6 is 11.6 Å². The van der Waals surface area contributed by atoms with E-state index in [9.17, 15) is 22.0 Å². The van der Waals surface area contributed by atoms with E-state index in [4.69, 9.17) is 11.6 Å². The molecule has 0 radical (unpaired) electrons. The van der Waals surface area contributed by atoms with Crippen LogP contribution in [0.5, 0.6) is 0 Å². The highest BCUT2D eigenvalue weighted by molar-refractivity contribution is 6.20. The van der Waals surface area contributed by atoms with Crippen LogP contribution in [0, 0.1) is 11.6 Å². The van der Waals surface area contributed by atoms with Crippen LogP contribution in [-0.2, 0) is 6.54 Å². The third-order valence-corrected chi connectivity index (χ3v) is 2.69. The van der Waals surface area contributed by atoms with Gasteiger partial charge in [0.2, 0.25) is 0 Å². The molecule has 2 aromatic rings. The Labute approximate surface area is 109 Å². The largest absolute Gasteiger partial charge is 0.406 e. The molecule has 0 fully saturated rings. The van der Waals surface area contributed by atoms with Crippen molar-refractivity contribution in [3.63, 3.8) is 0 Å². The van der Waals surface area contributed by atoms with Crippen LogP contribution in [0.2, 0.25) is 0 Å². The summed E-state index contributed by atoms with van der Waals surface area (Å²) in [6, 6.07) is 1.37. The van der Waals surface area contributed by atoms with Crippen LogP contribution in [-0.4, -0.2) is 15.7 Å². The second-order valence-electron chi connectivity index (χ2n) is 4.04. The molecule has 0 aliphatic rings. The lowest BCUT2D eigenvalue weighted by molar-refractivity contribution is -0.140. The Hall–Kier alpha value is -1.37.